The minimum atomic E-state index is -0.829. The number of nitrogens with zero attached hydrogens (tertiary/aromatic N) is 4. The highest BCUT2D eigenvalue weighted by Gasteiger charge is 2.11. The molecule has 1 atom stereocenters. The summed E-state index contributed by atoms with van der Waals surface area (Å²) in [4.78, 5) is 13.7. The topological polar surface area (TPSA) is 92.5 Å². The Hall–Kier alpha value is -2.45. The van der Waals surface area contributed by atoms with Crippen molar-refractivity contribution in [1.82, 2.24) is 25.2 Å². The van der Waals surface area contributed by atoms with Crippen LogP contribution < -0.4 is 5.32 Å². The Labute approximate surface area is 172 Å². The molecule has 0 aliphatic rings. The van der Waals surface area contributed by atoms with E-state index in [1.165, 1.54) is 5.56 Å². The van der Waals surface area contributed by atoms with Crippen LogP contribution in [0.4, 0.5) is 4.79 Å². The van der Waals surface area contributed by atoms with E-state index in [1.807, 2.05) is 19.2 Å². The van der Waals surface area contributed by atoms with E-state index in [4.69, 9.17) is 4.74 Å². The summed E-state index contributed by atoms with van der Waals surface area (Å²) in [5, 5.41) is 20.9. The van der Waals surface area contributed by atoms with Crippen molar-refractivity contribution in [2.45, 2.75) is 51.8 Å². The zero-order valence-corrected chi connectivity index (χ0v) is 17.5. The van der Waals surface area contributed by atoms with Gasteiger partial charge in [-0.2, -0.15) is 0 Å². The molecule has 1 amide bonds. The molecule has 1 aromatic heterocycles. The lowest BCUT2D eigenvalue weighted by molar-refractivity contribution is 0.0563. The van der Waals surface area contributed by atoms with Gasteiger partial charge in [-0.1, -0.05) is 48.9 Å². The predicted octanol–water partition coefficient (Wildman–Crippen LogP) is 2.23. The Morgan fingerprint density at radius 1 is 1.31 bits per heavy atom. The second-order valence-corrected chi connectivity index (χ2v) is 7.29. The van der Waals surface area contributed by atoms with Crippen LogP contribution in [0.25, 0.3) is 0 Å². The Balaban J connectivity index is 1.64. The van der Waals surface area contributed by atoms with Gasteiger partial charge in [0.25, 0.3) is 0 Å². The third-order valence-electron chi connectivity index (χ3n) is 4.47. The summed E-state index contributed by atoms with van der Waals surface area (Å²) in [6.45, 7) is 4.44. The molecule has 8 nitrogen and oxygen atoms in total. The van der Waals surface area contributed by atoms with Crippen LogP contribution in [0.1, 0.15) is 37.4 Å². The predicted molar refractivity (Wildman–Crippen MR) is 111 cm³/mol. The van der Waals surface area contributed by atoms with Gasteiger partial charge in [0.05, 0.1) is 12.2 Å². The number of alkyl carbamates (subject to hydrolysis) is 1. The maximum atomic E-state index is 11.5. The van der Waals surface area contributed by atoms with Gasteiger partial charge >= 0.3 is 6.09 Å². The number of aliphatic hydroxyl groups is 1. The van der Waals surface area contributed by atoms with Gasteiger partial charge in [0.1, 0.15) is 12.7 Å². The molecule has 0 spiro atoms. The number of aliphatic hydroxyl groups excluding tert-OH is 1. The van der Waals surface area contributed by atoms with Crippen molar-refractivity contribution in [3.63, 3.8) is 0 Å². The number of hydrogen-bond donors (Lipinski definition) is 2. The van der Waals surface area contributed by atoms with Gasteiger partial charge in [-0.15, -0.1) is 5.10 Å². The van der Waals surface area contributed by atoms with Gasteiger partial charge in [0.15, 0.2) is 0 Å². The molecule has 2 N–H and O–H groups in total. The van der Waals surface area contributed by atoms with Crippen molar-refractivity contribution in [2.75, 3.05) is 26.7 Å². The standard InChI is InChI=1S/C21H33N5O3/c1-3-4-12-22-21(28)29-17-20(27)16-26-15-19(23-24-26)14-25(2)13-8-11-18-9-6-5-7-10-18/h5-7,9-10,15,20,27H,3-4,8,11-14,16-17H2,1-2H3,(H,22,28). The highest BCUT2D eigenvalue weighted by Crippen LogP contribution is 2.05. The summed E-state index contributed by atoms with van der Waals surface area (Å²) in [7, 11) is 2.06. The fourth-order valence-electron chi connectivity index (χ4n) is 2.91. The first-order valence-electron chi connectivity index (χ1n) is 10.3. The lowest BCUT2D eigenvalue weighted by Gasteiger charge is -2.14. The van der Waals surface area contributed by atoms with Crippen LogP contribution in [-0.2, 0) is 24.2 Å². The molecule has 0 aliphatic carbocycles. The van der Waals surface area contributed by atoms with Crippen LogP contribution in [0.5, 0.6) is 0 Å². The zero-order chi connectivity index (χ0) is 20.9. The number of unbranched alkanes of at least 4 members (excludes halogenated alkanes) is 1. The number of carbonyl (C=O) groups excluding carboxylic acids is 1. The molecule has 0 fully saturated rings. The molecule has 8 heteroatoms. The van der Waals surface area contributed by atoms with E-state index >= 15 is 0 Å². The first-order valence-corrected chi connectivity index (χ1v) is 10.3. The summed E-state index contributed by atoms with van der Waals surface area (Å²) < 4.78 is 6.58. The molecule has 29 heavy (non-hydrogen) atoms. The van der Waals surface area contributed by atoms with Crippen LogP contribution in [0.2, 0.25) is 0 Å². The number of nitrogens with one attached hydrogen (secondary N) is 1. The number of hydrogen-bond acceptors (Lipinski definition) is 6. The van der Waals surface area contributed by atoms with Gasteiger partial charge < -0.3 is 20.1 Å². The number of aromatic nitrogens is 3. The normalized spacial score (nSPS) is 12.1. The third kappa shape index (κ3) is 9.54. The van der Waals surface area contributed by atoms with Crippen molar-refractivity contribution in [3.05, 3.63) is 47.8 Å². The lowest BCUT2D eigenvalue weighted by Crippen LogP contribution is -2.30. The number of benzene rings is 1. The van der Waals surface area contributed by atoms with Crippen molar-refractivity contribution < 1.29 is 14.6 Å². The Morgan fingerprint density at radius 3 is 2.86 bits per heavy atom. The van der Waals surface area contributed by atoms with E-state index in [-0.39, 0.29) is 13.2 Å². The monoisotopic (exact) mass is 403 g/mol. The molecule has 0 bridgehead atoms. The third-order valence-corrected chi connectivity index (χ3v) is 4.47. The quantitative estimate of drug-likeness (QED) is 0.498. The minimum absolute atomic E-state index is 0.0768. The molecule has 0 aliphatic heterocycles. The maximum absolute atomic E-state index is 11.5. The van der Waals surface area contributed by atoms with Crippen molar-refractivity contribution in [2.24, 2.45) is 0 Å². The van der Waals surface area contributed by atoms with Gasteiger partial charge in [-0.05, 0) is 38.4 Å². The molecular weight excluding hydrogens is 370 g/mol. The minimum Gasteiger partial charge on any atom is -0.447 e. The molecule has 1 unspecified atom stereocenters. The van der Waals surface area contributed by atoms with Crippen LogP contribution in [-0.4, -0.2) is 63.9 Å². The SMILES string of the molecule is CCCCNC(=O)OCC(O)Cn1cc(CN(C)CCCc2ccccc2)nn1. The van der Waals surface area contributed by atoms with E-state index in [0.29, 0.717) is 13.1 Å². The molecule has 0 saturated heterocycles. The number of amides is 1. The molecular formula is C21H33N5O3. The number of carbonyl (C=O) groups is 1. The summed E-state index contributed by atoms with van der Waals surface area (Å²) >= 11 is 0. The average molecular weight is 404 g/mol. The van der Waals surface area contributed by atoms with Gasteiger partial charge in [-0.25, -0.2) is 9.48 Å². The van der Waals surface area contributed by atoms with Crippen LogP contribution in [0, 0.1) is 0 Å². The smallest absolute Gasteiger partial charge is 0.407 e. The summed E-state index contributed by atoms with van der Waals surface area (Å²) in [6.07, 6.45) is 4.51. The summed E-state index contributed by atoms with van der Waals surface area (Å²) in [6, 6.07) is 10.5. The van der Waals surface area contributed by atoms with Crippen molar-refractivity contribution in [3.8, 4) is 0 Å². The van der Waals surface area contributed by atoms with E-state index in [0.717, 1.165) is 37.9 Å². The van der Waals surface area contributed by atoms with Crippen LogP contribution in [0.3, 0.4) is 0 Å². The Bertz CT molecular complexity index is 707. The fourth-order valence-corrected chi connectivity index (χ4v) is 2.91. The molecule has 2 rings (SSSR count). The van der Waals surface area contributed by atoms with Crippen molar-refractivity contribution >= 4 is 6.09 Å². The molecule has 1 heterocycles. The first-order chi connectivity index (χ1) is 14.1. The maximum Gasteiger partial charge on any atom is 0.407 e. The first kappa shape index (κ1) is 22.8. The van der Waals surface area contributed by atoms with Crippen LogP contribution in [0.15, 0.2) is 36.5 Å². The Morgan fingerprint density at radius 2 is 2.10 bits per heavy atom. The number of rotatable bonds is 13. The van der Waals surface area contributed by atoms with Gasteiger partial charge in [-0.3, -0.25) is 0 Å². The second-order valence-electron chi connectivity index (χ2n) is 7.29. The van der Waals surface area contributed by atoms with E-state index in [2.05, 4.69) is 51.8 Å². The number of ether oxygens (including phenoxy) is 1. The fraction of sp³-hybridized carbons (Fsp3) is 0.571. The molecule has 2 aromatic rings. The summed E-state index contributed by atoms with van der Waals surface area (Å²) in [5.74, 6) is 0. The molecule has 1 aromatic carbocycles. The second kappa shape index (κ2) is 12.9. The highest BCUT2D eigenvalue weighted by atomic mass is 16.6. The number of aryl methyl sites for hydroxylation is 1. The van der Waals surface area contributed by atoms with E-state index < -0.39 is 12.2 Å². The Kier molecular flexibility index (Phi) is 10.2. The van der Waals surface area contributed by atoms with E-state index in [9.17, 15) is 9.90 Å². The highest BCUT2D eigenvalue weighted by molar-refractivity contribution is 5.67. The summed E-state index contributed by atoms with van der Waals surface area (Å²) in [5.41, 5.74) is 2.19. The molecule has 0 saturated carbocycles. The van der Waals surface area contributed by atoms with Crippen molar-refractivity contribution in [1.29, 1.82) is 0 Å². The van der Waals surface area contributed by atoms with Gasteiger partial charge in [0, 0.05) is 19.3 Å². The van der Waals surface area contributed by atoms with Gasteiger partial charge in [0.2, 0.25) is 0 Å². The molecule has 160 valence electrons. The largest absolute Gasteiger partial charge is 0.447 e. The zero-order valence-electron chi connectivity index (χ0n) is 17.5. The molecule has 0 radical (unpaired) electrons. The van der Waals surface area contributed by atoms with Crippen LogP contribution >= 0.6 is 0 Å². The van der Waals surface area contributed by atoms with E-state index in [1.54, 1.807) is 4.68 Å². The average Bonchev–Trinajstić information content (AvgIpc) is 3.14. The lowest BCUT2D eigenvalue weighted by atomic mass is 10.1.